The maximum Gasteiger partial charge on any atom is 0.235 e. The van der Waals surface area contributed by atoms with Crippen molar-refractivity contribution in [3.63, 3.8) is 0 Å². The van der Waals surface area contributed by atoms with Crippen LogP contribution in [-0.2, 0) is 6.54 Å². The highest BCUT2D eigenvalue weighted by Gasteiger charge is 2.15. The van der Waals surface area contributed by atoms with Gasteiger partial charge < -0.3 is 0 Å². The predicted molar refractivity (Wildman–Crippen MR) is 126 cm³/mol. The van der Waals surface area contributed by atoms with Crippen molar-refractivity contribution in [2.45, 2.75) is 123 Å². The minimum absolute atomic E-state index is 1.19. The molecule has 190 valence electrons. The molecular formula is C26H44ClNO4S. The van der Waals surface area contributed by atoms with E-state index < -0.39 is 10.2 Å². The first-order valence-corrected chi connectivity index (χ1v) is 14.9. The maximum absolute atomic E-state index is 8.49. The Morgan fingerprint density at radius 3 is 1.52 bits per heavy atom. The zero-order chi connectivity index (χ0) is 24.4. The van der Waals surface area contributed by atoms with Crippen molar-refractivity contribution in [2.75, 3.05) is 0 Å². The molecule has 0 saturated carbocycles. The lowest BCUT2D eigenvalue weighted by atomic mass is 10.0. The summed E-state index contributed by atoms with van der Waals surface area (Å²) in [6, 6.07) is 8.83. The summed E-state index contributed by atoms with van der Waals surface area (Å²) < 4.78 is 37.9. The lowest BCUT2D eigenvalue weighted by molar-refractivity contribution is -2.00. The number of benzene rings is 1. The Morgan fingerprint density at radius 1 is 0.667 bits per heavy atom. The summed E-state index contributed by atoms with van der Waals surface area (Å²) in [4.78, 5) is 0. The highest BCUT2D eigenvalue weighted by Crippen LogP contribution is 2.20. The van der Waals surface area contributed by atoms with E-state index in [4.69, 9.17) is 18.6 Å². The van der Waals surface area contributed by atoms with Gasteiger partial charge in [0.15, 0.2) is 0 Å². The van der Waals surface area contributed by atoms with Gasteiger partial charge in [-0.15, -0.1) is 10.2 Å². The second-order valence-electron chi connectivity index (χ2n) is 8.92. The lowest BCUT2D eigenvalue weighted by Gasteiger charge is -2.17. The first kappa shape index (κ1) is 30.3. The third-order valence-electron chi connectivity index (χ3n) is 6.03. The van der Waals surface area contributed by atoms with Crippen molar-refractivity contribution >= 4 is 21.6 Å². The van der Waals surface area contributed by atoms with E-state index >= 15 is 0 Å². The summed E-state index contributed by atoms with van der Waals surface area (Å²) in [5.74, 6) is 0. The number of fused-ring (bicyclic) bond motifs is 1. The van der Waals surface area contributed by atoms with E-state index in [9.17, 15) is 0 Å². The molecule has 0 amide bonds. The molecule has 0 unspecified atom stereocenters. The van der Waals surface area contributed by atoms with Crippen LogP contribution in [0, 0.1) is 17.2 Å². The molecule has 7 heteroatoms. The average Bonchev–Trinajstić information content (AvgIpc) is 3.07. The Balaban J connectivity index is 0.000000981. The molecule has 2 rings (SSSR count). The Labute approximate surface area is 207 Å². The normalized spacial score (nSPS) is 11.6. The van der Waals surface area contributed by atoms with E-state index in [-0.39, 0.29) is 0 Å². The molecule has 1 aromatic heterocycles. The van der Waals surface area contributed by atoms with Crippen molar-refractivity contribution in [1.29, 1.82) is 0 Å². The molecule has 0 aliphatic rings. The van der Waals surface area contributed by atoms with Gasteiger partial charge in [-0.25, -0.2) is 18.6 Å². The zero-order valence-electron chi connectivity index (χ0n) is 20.7. The van der Waals surface area contributed by atoms with Crippen molar-refractivity contribution < 1.29 is 33.4 Å². The molecule has 0 atom stereocenters. The standard InChI is InChI=1S/C26H44NS.ClHO4/c1-3-4-5-6-7-8-9-10-11-12-13-14-15-16-17-20-23-27-24(2)28-26-22-19-18-21-25(26)27;2-1(3,4)5/h18-19,21-22H,3-17,20,23H2,1-2H3;(H,2,3,4,5)/q+1;/p-1. The first-order chi connectivity index (χ1) is 15.8. The monoisotopic (exact) mass is 501 g/mol. The molecule has 0 N–H and O–H groups in total. The van der Waals surface area contributed by atoms with Gasteiger partial charge in [0.05, 0.1) is 0 Å². The van der Waals surface area contributed by atoms with Gasteiger partial charge in [-0.1, -0.05) is 120 Å². The van der Waals surface area contributed by atoms with Gasteiger partial charge in [-0.2, -0.15) is 4.57 Å². The Bertz CT molecular complexity index is 727. The van der Waals surface area contributed by atoms with Crippen molar-refractivity contribution in [3.05, 3.63) is 29.3 Å². The van der Waals surface area contributed by atoms with Gasteiger partial charge in [0.1, 0.15) is 11.2 Å². The summed E-state index contributed by atoms with van der Waals surface area (Å²) in [6.45, 7) is 5.75. The third-order valence-corrected chi connectivity index (χ3v) is 7.11. The molecule has 1 heterocycles. The van der Waals surface area contributed by atoms with E-state index in [0.29, 0.717) is 0 Å². The number of nitrogens with zero attached hydrogens (tertiary/aromatic N) is 1. The fourth-order valence-electron chi connectivity index (χ4n) is 4.25. The number of hydrogen-bond donors (Lipinski definition) is 0. The van der Waals surface area contributed by atoms with Gasteiger partial charge in [0.25, 0.3) is 0 Å². The molecule has 0 bridgehead atoms. The van der Waals surface area contributed by atoms with Crippen molar-refractivity contribution in [3.8, 4) is 0 Å². The number of halogens is 1. The molecule has 0 aliphatic carbocycles. The molecule has 5 nitrogen and oxygen atoms in total. The average molecular weight is 502 g/mol. The molecule has 33 heavy (non-hydrogen) atoms. The number of hydrogen-bond acceptors (Lipinski definition) is 5. The summed E-state index contributed by atoms with van der Waals surface area (Å²) in [6.07, 6.45) is 23.0. The van der Waals surface area contributed by atoms with Gasteiger partial charge in [0.2, 0.25) is 10.5 Å². The fraction of sp³-hybridized carbons (Fsp3) is 0.731. The Morgan fingerprint density at radius 2 is 1.06 bits per heavy atom. The number of rotatable bonds is 17. The predicted octanol–water partition coefficient (Wildman–Crippen LogP) is 4.00. The maximum atomic E-state index is 8.49. The number of aromatic nitrogens is 1. The van der Waals surface area contributed by atoms with Gasteiger partial charge in [0, 0.05) is 19.4 Å². The number of unbranched alkanes of at least 4 members (excludes halogenated alkanes) is 15. The van der Waals surface area contributed by atoms with E-state index in [0.717, 1.165) is 0 Å². The molecule has 0 radical (unpaired) electrons. The molecule has 0 saturated heterocycles. The largest absolute Gasteiger partial charge is 0.235 e. The fourth-order valence-corrected chi connectivity index (χ4v) is 5.29. The summed E-state index contributed by atoms with van der Waals surface area (Å²) >= 11 is 1.93. The number of para-hydroxylation sites is 1. The highest BCUT2D eigenvalue weighted by atomic mass is 35.7. The van der Waals surface area contributed by atoms with Crippen LogP contribution < -0.4 is 23.2 Å². The van der Waals surface area contributed by atoms with Crippen molar-refractivity contribution in [1.82, 2.24) is 0 Å². The number of thiazole rings is 1. The molecule has 0 aliphatic heterocycles. The molecule has 0 fully saturated rings. The van der Waals surface area contributed by atoms with Crippen LogP contribution >= 0.6 is 11.3 Å². The Kier molecular flexibility index (Phi) is 17.0. The summed E-state index contributed by atoms with van der Waals surface area (Å²) in [7, 11) is -4.94. The topological polar surface area (TPSA) is 96.1 Å². The summed E-state index contributed by atoms with van der Waals surface area (Å²) in [5, 5.41) is 1.45. The van der Waals surface area contributed by atoms with Crippen LogP contribution in [0.3, 0.4) is 0 Å². The van der Waals surface area contributed by atoms with Crippen LogP contribution in [0.5, 0.6) is 0 Å². The molecule has 1 aromatic carbocycles. The second kappa shape index (κ2) is 18.6. The van der Waals surface area contributed by atoms with E-state index in [1.807, 2.05) is 11.3 Å². The van der Waals surface area contributed by atoms with Crippen LogP contribution in [0.4, 0.5) is 0 Å². The summed E-state index contributed by atoms with van der Waals surface area (Å²) in [5.41, 5.74) is 1.42. The van der Waals surface area contributed by atoms with Crippen molar-refractivity contribution in [2.24, 2.45) is 0 Å². The van der Waals surface area contributed by atoms with Crippen LogP contribution in [0.1, 0.15) is 115 Å². The van der Waals surface area contributed by atoms with E-state index in [1.165, 1.54) is 125 Å². The SMILES string of the molecule is CCCCCCCCCCCCCCCCCC[n+]1c(C)sc2ccccc21.[O-][Cl+3]([O-])([O-])[O-]. The van der Waals surface area contributed by atoms with E-state index in [1.54, 1.807) is 0 Å². The Hall–Kier alpha value is -0.760. The molecule has 2 aromatic rings. The van der Waals surface area contributed by atoms with Crippen LogP contribution in [0.2, 0.25) is 0 Å². The minimum atomic E-state index is -4.94. The van der Waals surface area contributed by atoms with Crippen LogP contribution in [-0.4, -0.2) is 0 Å². The quantitative estimate of drug-likeness (QED) is 0.241. The van der Waals surface area contributed by atoms with Crippen LogP contribution in [0.15, 0.2) is 24.3 Å². The molecule has 0 spiro atoms. The molecular weight excluding hydrogens is 458 g/mol. The minimum Gasteiger partial charge on any atom is -0.222 e. The van der Waals surface area contributed by atoms with Gasteiger partial charge >= 0.3 is 0 Å². The third kappa shape index (κ3) is 16.5. The highest BCUT2D eigenvalue weighted by molar-refractivity contribution is 7.18. The van der Waals surface area contributed by atoms with Gasteiger partial charge in [-0.05, 0) is 12.5 Å². The lowest BCUT2D eigenvalue weighted by Crippen LogP contribution is -2.68. The van der Waals surface area contributed by atoms with Crippen LogP contribution in [0.25, 0.3) is 10.2 Å². The number of aryl methyl sites for hydroxylation is 2. The smallest absolute Gasteiger partial charge is 0.222 e. The van der Waals surface area contributed by atoms with E-state index in [2.05, 4.69) is 42.7 Å². The first-order valence-electron chi connectivity index (χ1n) is 12.8. The van der Waals surface area contributed by atoms with Gasteiger partial charge in [-0.3, -0.25) is 0 Å². The second-order valence-corrected chi connectivity index (χ2v) is 10.9. The zero-order valence-corrected chi connectivity index (χ0v) is 22.3.